The fourth-order valence-electron chi connectivity index (χ4n) is 4.39. The molecule has 5 heteroatoms. The van der Waals surface area contributed by atoms with Crippen LogP contribution in [0.25, 0.3) is 0 Å². The molecule has 3 aliphatic heterocycles. The summed E-state index contributed by atoms with van der Waals surface area (Å²) in [5.41, 5.74) is 3.43. The molecule has 3 N–H and O–H groups in total. The lowest BCUT2D eigenvalue weighted by Crippen LogP contribution is -2.53. The lowest BCUT2D eigenvalue weighted by molar-refractivity contribution is -0.125. The number of hydrogen-bond donors (Lipinski definition) is 3. The summed E-state index contributed by atoms with van der Waals surface area (Å²) >= 11 is 0. The van der Waals surface area contributed by atoms with E-state index in [4.69, 9.17) is 0 Å². The first-order valence-electron chi connectivity index (χ1n) is 8.65. The summed E-state index contributed by atoms with van der Waals surface area (Å²) in [6, 6.07) is 1.36. The third-order valence-corrected chi connectivity index (χ3v) is 5.65. The smallest absolute Gasteiger partial charge is 0.223 e. The number of carbonyl (C=O) groups is 1. The molecule has 0 spiro atoms. The lowest BCUT2D eigenvalue weighted by Gasteiger charge is -2.39. The van der Waals surface area contributed by atoms with Gasteiger partial charge < -0.3 is 10.6 Å². The van der Waals surface area contributed by atoms with Crippen LogP contribution in [0.3, 0.4) is 0 Å². The molecule has 1 amide bonds. The van der Waals surface area contributed by atoms with Crippen molar-refractivity contribution in [2.24, 2.45) is 11.8 Å². The van der Waals surface area contributed by atoms with Crippen LogP contribution in [0.15, 0.2) is 0 Å². The third kappa shape index (κ3) is 3.41. The van der Waals surface area contributed by atoms with Gasteiger partial charge in [-0.2, -0.15) is 0 Å². The van der Waals surface area contributed by atoms with E-state index in [1.165, 1.54) is 32.1 Å². The molecule has 3 rings (SSSR count). The predicted octanol–water partition coefficient (Wildman–Crippen LogP) is 0.868. The van der Waals surface area contributed by atoms with Crippen molar-refractivity contribution in [2.45, 2.75) is 63.6 Å². The lowest BCUT2D eigenvalue weighted by atomic mass is 9.81. The van der Waals surface area contributed by atoms with Crippen molar-refractivity contribution in [3.8, 4) is 0 Å². The van der Waals surface area contributed by atoms with Gasteiger partial charge in [-0.1, -0.05) is 19.8 Å². The first kappa shape index (κ1) is 15.3. The van der Waals surface area contributed by atoms with Crippen LogP contribution >= 0.6 is 0 Å². The van der Waals surface area contributed by atoms with Gasteiger partial charge in [-0.25, -0.2) is 5.01 Å². The van der Waals surface area contributed by atoms with Gasteiger partial charge in [0.15, 0.2) is 0 Å². The molecule has 0 radical (unpaired) electrons. The van der Waals surface area contributed by atoms with Gasteiger partial charge in [-0.15, -0.1) is 0 Å². The maximum Gasteiger partial charge on any atom is 0.223 e. The predicted molar refractivity (Wildman–Crippen MR) is 83.6 cm³/mol. The average molecular weight is 294 g/mol. The first-order chi connectivity index (χ1) is 10.1. The number of hydrogen-bond acceptors (Lipinski definition) is 4. The highest BCUT2D eigenvalue weighted by Gasteiger charge is 2.40. The number of carbonyl (C=O) groups excluding carboxylic acids is 1. The quantitative estimate of drug-likeness (QED) is 0.620. The number of nitrogens with one attached hydrogen (secondary N) is 3. The largest absolute Gasteiger partial charge is 0.350 e. The molecule has 5 nitrogen and oxygen atoms in total. The van der Waals surface area contributed by atoms with Crippen molar-refractivity contribution in [1.82, 2.24) is 21.1 Å². The molecule has 0 aromatic carbocycles. The van der Waals surface area contributed by atoms with Gasteiger partial charge in [-0.05, 0) is 38.1 Å². The van der Waals surface area contributed by atoms with Crippen molar-refractivity contribution in [3.05, 3.63) is 0 Å². The van der Waals surface area contributed by atoms with E-state index in [1.807, 2.05) is 0 Å². The molecule has 4 unspecified atom stereocenters. The van der Waals surface area contributed by atoms with Crippen LogP contribution in [0.5, 0.6) is 0 Å². The highest BCUT2D eigenvalue weighted by molar-refractivity contribution is 5.78. The van der Waals surface area contributed by atoms with E-state index in [9.17, 15) is 4.79 Å². The molecular formula is C16H30N4O. The number of hydrazine groups is 1. The summed E-state index contributed by atoms with van der Waals surface area (Å²) in [6.45, 7) is 4.06. The first-order valence-corrected chi connectivity index (χ1v) is 8.65. The van der Waals surface area contributed by atoms with Gasteiger partial charge in [0.05, 0.1) is 6.04 Å². The number of amides is 1. The molecule has 120 valence electrons. The van der Waals surface area contributed by atoms with Crippen LogP contribution in [0, 0.1) is 11.8 Å². The molecular weight excluding hydrogens is 264 g/mol. The Morgan fingerprint density at radius 3 is 2.86 bits per heavy atom. The second-order valence-corrected chi connectivity index (χ2v) is 7.20. The Balaban J connectivity index is 1.77. The maximum atomic E-state index is 12.4. The third-order valence-electron chi connectivity index (χ3n) is 5.65. The maximum absolute atomic E-state index is 12.4. The van der Waals surface area contributed by atoms with E-state index in [1.54, 1.807) is 0 Å². The molecule has 2 bridgehead atoms. The van der Waals surface area contributed by atoms with Gasteiger partial charge in [0.1, 0.15) is 0 Å². The highest BCUT2D eigenvalue weighted by atomic mass is 16.2. The van der Waals surface area contributed by atoms with E-state index in [-0.39, 0.29) is 17.9 Å². The molecule has 0 saturated carbocycles. The van der Waals surface area contributed by atoms with E-state index in [0.29, 0.717) is 18.0 Å². The molecule has 5 atom stereocenters. The zero-order valence-corrected chi connectivity index (χ0v) is 13.4. The minimum absolute atomic E-state index is 0.142. The van der Waals surface area contributed by atoms with Gasteiger partial charge in [0.2, 0.25) is 5.91 Å². The minimum Gasteiger partial charge on any atom is -0.350 e. The number of likely N-dealkylation sites (N-methyl/N-ethyl adjacent to an activating group) is 1. The number of nitrogens with zero attached hydrogens (tertiary/aromatic N) is 1. The molecule has 21 heavy (non-hydrogen) atoms. The van der Waals surface area contributed by atoms with E-state index >= 15 is 0 Å². The van der Waals surface area contributed by atoms with Crippen molar-refractivity contribution < 1.29 is 4.79 Å². The van der Waals surface area contributed by atoms with Crippen LogP contribution in [0.1, 0.15) is 45.4 Å². The fraction of sp³-hybridized carbons (Fsp3) is 0.938. The summed E-state index contributed by atoms with van der Waals surface area (Å²) in [7, 11) is 2.13. The van der Waals surface area contributed by atoms with Crippen LogP contribution in [-0.2, 0) is 4.79 Å². The summed E-state index contributed by atoms with van der Waals surface area (Å²) in [5, 5.41) is 9.25. The molecule has 3 aliphatic rings. The minimum atomic E-state index is 0.142. The molecule has 3 fully saturated rings. The van der Waals surface area contributed by atoms with Crippen LogP contribution < -0.4 is 16.1 Å². The SMILES string of the molecule is C[C@@H]1CCCCC2CC(CCN2)C2C(CNN2C)NC1=O. The molecule has 0 aromatic rings. The number of rotatable bonds is 0. The van der Waals surface area contributed by atoms with Crippen molar-refractivity contribution in [3.63, 3.8) is 0 Å². The average Bonchev–Trinajstić information content (AvgIpc) is 2.83. The Bertz CT molecular complexity index is 375. The molecule has 0 aromatic heterocycles. The second-order valence-electron chi connectivity index (χ2n) is 7.20. The Kier molecular flexibility index (Phi) is 4.82. The van der Waals surface area contributed by atoms with Gasteiger partial charge in [0.25, 0.3) is 0 Å². The van der Waals surface area contributed by atoms with Crippen LogP contribution in [0.2, 0.25) is 0 Å². The van der Waals surface area contributed by atoms with Crippen molar-refractivity contribution in [2.75, 3.05) is 20.1 Å². The summed E-state index contributed by atoms with van der Waals surface area (Å²) in [4.78, 5) is 12.4. The summed E-state index contributed by atoms with van der Waals surface area (Å²) < 4.78 is 0. The van der Waals surface area contributed by atoms with E-state index in [2.05, 4.69) is 35.0 Å². The standard InChI is InChI=1S/C16H30N4O/c1-11-5-3-4-6-13-9-12(7-8-17-13)15-14(19-16(11)21)10-18-20(15)2/h11-15,17-18H,3-10H2,1-2H3,(H,19,21)/t11-,12?,13?,14?,15?/m1/s1. The second kappa shape index (κ2) is 6.63. The van der Waals surface area contributed by atoms with E-state index < -0.39 is 0 Å². The topological polar surface area (TPSA) is 56.4 Å². The molecule has 3 heterocycles. The number of piperidine rings is 1. The normalized spacial score (nSPS) is 42.6. The Morgan fingerprint density at radius 1 is 1.19 bits per heavy atom. The number of fused-ring (bicyclic) bond motifs is 4. The highest BCUT2D eigenvalue weighted by Crippen LogP contribution is 2.29. The Hall–Kier alpha value is -0.650. The zero-order chi connectivity index (χ0) is 14.8. The van der Waals surface area contributed by atoms with Crippen LogP contribution in [0.4, 0.5) is 0 Å². The molecule has 3 saturated heterocycles. The van der Waals surface area contributed by atoms with Gasteiger partial charge in [0, 0.05) is 31.6 Å². The fourth-order valence-corrected chi connectivity index (χ4v) is 4.39. The molecule has 0 aliphatic carbocycles. The van der Waals surface area contributed by atoms with Gasteiger partial charge in [-0.3, -0.25) is 10.2 Å². The zero-order valence-electron chi connectivity index (χ0n) is 13.4. The summed E-state index contributed by atoms with van der Waals surface area (Å²) in [6.07, 6.45) is 7.16. The van der Waals surface area contributed by atoms with Crippen LogP contribution in [-0.4, -0.2) is 49.2 Å². The van der Waals surface area contributed by atoms with Crippen molar-refractivity contribution in [1.29, 1.82) is 0 Å². The monoisotopic (exact) mass is 294 g/mol. The Morgan fingerprint density at radius 2 is 2.00 bits per heavy atom. The van der Waals surface area contributed by atoms with Gasteiger partial charge >= 0.3 is 0 Å². The van der Waals surface area contributed by atoms with Crippen molar-refractivity contribution >= 4 is 5.91 Å². The van der Waals surface area contributed by atoms with E-state index in [0.717, 1.165) is 19.5 Å². The Labute approximate surface area is 128 Å². The summed E-state index contributed by atoms with van der Waals surface area (Å²) in [5.74, 6) is 1.06.